The molecule has 2 aliphatic rings. The van der Waals surface area contributed by atoms with Crippen molar-refractivity contribution in [2.24, 2.45) is 5.92 Å². The molecule has 5 nitrogen and oxygen atoms in total. The molecule has 2 aromatic rings. The maximum Gasteiger partial charge on any atom is 0.244 e. The van der Waals surface area contributed by atoms with Crippen molar-refractivity contribution in [3.8, 4) is 0 Å². The second kappa shape index (κ2) is 7.91. The summed E-state index contributed by atoms with van der Waals surface area (Å²) in [7, 11) is -3.83. The minimum atomic E-state index is -3.83. The number of hydrogen-bond donors (Lipinski definition) is 0. The number of sulfonamides is 1. The maximum absolute atomic E-state index is 13.4. The number of hydrogen-bond acceptors (Lipinski definition) is 3. The van der Waals surface area contributed by atoms with Crippen LogP contribution < -0.4 is 4.90 Å². The van der Waals surface area contributed by atoms with Crippen molar-refractivity contribution in [1.29, 1.82) is 0 Å². The molecule has 0 radical (unpaired) electrons. The van der Waals surface area contributed by atoms with Crippen LogP contribution in [0.3, 0.4) is 0 Å². The molecule has 0 saturated carbocycles. The second-order valence-corrected chi connectivity index (χ2v) is 10.4. The third kappa shape index (κ3) is 3.79. The Morgan fingerprint density at radius 2 is 1.90 bits per heavy atom. The van der Waals surface area contributed by atoms with E-state index < -0.39 is 10.0 Å². The summed E-state index contributed by atoms with van der Waals surface area (Å²) in [4.78, 5) is 15.2. The average Bonchev–Trinajstić information content (AvgIpc) is 3.05. The normalized spacial score (nSPS) is 22.5. The summed E-state index contributed by atoms with van der Waals surface area (Å²) in [6.45, 7) is 2.54. The molecule has 2 aliphatic heterocycles. The van der Waals surface area contributed by atoms with Crippen LogP contribution >= 0.6 is 23.2 Å². The van der Waals surface area contributed by atoms with Gasteiger partial charge in [0.1, 0.15) is 4.90 Å². The van der Waals surface area contributed by atoms with Gasteiger partial charge in [-0.2, -0.15) is 4.31 Å². The van der Waals surface area contributed by atoms with Gasteiger partial charge in [0.25, 0.3) is 0 Å². The van der Waals surface area contributed by atoms with Crippen LogP contribution in [0.2, 0.25) is 10.0 Å². The number of fused-ring (bicyclic) bond motifs is 1. The van der Waals surface area contributed by atoms with Gasteiger partial charge >= 0.3 is 0 Å². The minimum Gasteiger partial charge on any atom is -0.309 e. The van der Waals surface area contributed by atoms with Gasteiger partial charge in [-0.05, 0) is 56.0 Å². The van der Waals surface area contributed by atoms with Crippen LogP contribution in [-0.4, -0.2) is 37.8 Å². The Kier molecular flexibility index (Phi) is 5.64. The average molecular weight is 453 g/mol. The van der Waals surface area contributed by atoms with Gasteiger partial charge in [0.2, 0.25) is 15.9 Å². The molecule has 2 aromatic carbocycles. The predicted octanol–water partition coefficient (Wildman–Crippen LogP) is 4.37. The third-order valence-electron chi connectivity index (χ3n) is 5.69. The molecule has 8 heteroatoms. The van der Waals surface area contributed by atoms with E-state index in [0.717, 1.165) is 17.7 Å². The molecule has 0 bridgehead atoms. The largest absolute Gasteiger partial charge is 0.309 e. The van der Waals surface area contributed by atoms with E-state index >= 15 is 0 Å². The summed E-state index contributed by atoms with van der Waals surface area (Å²) in [5, 5.41) is 0.435. The van der Waals surface area contributed by atoms with Crippen molar-refractivity contribution >= 4 is 44.8 Å². The van der Waals surface area contributed by atoms with Gasteiger partial charge in [-0.15, -0.1) is 0 Å². The van der Waals surface area contributed by atoms with Crippen LogP contribution in [0, 0.1) is 5.92 Å². The number of rotatable bonds is 3. The van der Waals surface area contributed by atoms with Crippen molar-refractivity contribution in [2.45, 2.75) is 37.1 Å². The SMILES string of the molecule is C[C@@H]1Cc2ccccc2N1C(=O)[C@H]1CCCN(S(=O)(=O)c2cc(Cl)ccc2Cl)C1. The quantitative estimate of drug-likeness (QED) is 0.694. The van der Waals surface area contributed by atoms with E-state index in [9.17, 15) is 13.2 Å². The Labute approximate surface area is 181 Å². The van der Waals surface area contributed by atoms with E-state index in [4.69, 9.17) is 23.2 Å². The number of amides is 1. The fourth-order valence-electron chi connectivity index (χ4n) is 4.27. The summed E-state index contributed by atoms with van der Waals surface area (Å²) in [6.07, 6.45) is 2.10. The first-order valence-corrected chi connectivity index (χ1v) is 11.8. The van der Waals surface area contributed by atoms with Gasteiger partial charge in [0.05, 0.1) is 10.9 Å². The highest BCUT2D eigenvalue weighted by atomic mass is 35.5. The van der Waals surface area contributed by atoms with E-state index in [1.165, 1.54) is 16.4 Å². The summed E-state index contributed by atoms with van der Waals surface area (Å²) >= 11 is 12.1. The number of para-hydroxylation sites is 1. The Hall–Kier alpha value is -1.60. The van der Waals surface area contributed by atoms with Crippen LogP contribution in [0.1, 0.15) is 25.3 Å². The topological polar surface area (TPSA) is 57.7 Å². The van der Waals surface area contributed by atoms with Crippen molar-refractivity contribution in [3.63, 3.8) is 0 Å². The minimum absolute atomic E-state index is 0.0142. The first-order valence-electron chi connectivity index (χ1n) is 9.65. The number of halogens is 2. The van der Waals surface area contributed by atoms with E-state index in [1.54, 1.807) is 6.07 Å². The molecular weight excluding hydrogens is 431 g/mol. The zero-order valence-electron chi connectivity index (χ0n) is 16.0. The molecule has 2 atom stereocenters. The number of carbonyl (C=O) groups is 1. The molecular formula is C21H22Cl2N2O3S. The zero-order valence-corrected chi connectivity index (χ0v) is 18.3. The molecule has 2 heterocycles. The highest BCUT2D eigenvalue weighted by molar-refractivity contribution is 7.89. The fourth-order valence-corrected chi connectivity index (χ4v) is 6.54. The second-order valence-electron chi connectivity index (χ2n) is 7.67. The van der Waals surface area contributed by atoms with Crippen molar-refractivity contribution in [3.05, 3.63) is 58.1 Å². The maximum atomic E-state index is 13.4. The standard InChI is InChI=1S/C21H22Cl2N2O3S/c1-14-11-15-5-2-3-7-19(15)25(14)21(26)16-6-4-10-24(13-16)29(27,28)20-12-17(22)8-9-18(20)23/h2-3,5,7-9,12,14,16H,4,6,10-11,13H2,1H3/t14-,16+/m1/s1. The molecule has 0 unspecified atom stereocenters. The molecule has 1 amide bonds. The lowest BCUT2D eigenvalue weighted by molar-refractivity contribution is -0.123. The van der Waals surface area contributed by atoms with Crippen LogP contribution in [0.25, 0.3) is 0 Å². The third-order valence-corrected chi connectivity index (χ3v) is 8.27. The number of anilines is 1. The van der Waals surface area contributed by atoms with Crippen LogP contribution in [0.15, 0.2) is 47.4 Å². The van der Waals surface area contributed by atoms with Crippen molar-refractivity contribution < 1.29 is 13.2 Å². The summed E-state index contributed by atoms with van der Waals surface area (Å²) in [5.41, 5.74) is 2.09. The highest BCUT2D eigenvalue weighted by Gasteiger charge is 2.39. The number of piperidine rings is 1. The van der Waals surface area contributed by atoms with Gasteiger partial charge in [-0.1, -0.05) is 41.4 Å². The van der Waals surface area contributed by atoms with Crippen LogP contribution in [-0.2, 0) is 21.2 Å². The van der Waals surface area contributed by atoms with E-state index in [0.29, 0.717) is 24.4 Å². The summed E-state index contributed by atoms with van der Waals surface area (Å²) < 4.78 is 27.7. The van der Waals surface area contributed by atoms with E-state index in [1.807, 2.05) is 36.1 Å². The van der Waals surface area contributed by atoms with E-state index in [2.05, 4.69) is 0 Å². The molecule has 4 rings (SSSR count). The molecule has 1 saturated heterocycles. The Morgan fingerprint density at radius 1 is 1.14 bits per heavy atom. The Bertz CT molecular complexity index is 1060. The molecule has 0 aliphatic carbocycles. The lowest BCUT2D eigenvalue weighted by Gasteiger charge is -2.34. The molecule has 29 heavy (non-hydrogen) atoms. The molecule has 154 valence electrons. The van der Waals surface area contributed by atoms with Gasteiger partial charge < -0.3 is 4.90 Å². The lowest BCUT2D eigenvalue weighted by Crippen LogP contribution is -2.48. The van der Waals surface area contributed by atoms with Crippen LogP contribution in [0.4, 0.5) is 5.69 Å². The first kappa shape index (κ1) is 20.7. The number of benzene rings is 2. The van der Waals surface area contributed by atoms with Crippen LogP contribution in [0.5, 0.6) is 0 Å². The monoisotopic (exact) mass is 452 g/mol. The van der Waals surface area contributed by atoms with Gasteiger partial charge in [-0.3, -0.25) is 4.79 Å². The van der Waals surface area contributed by atoms with Gasteiger partial charge in [0.15, 0.2) is 0 Å². The molecule has 0 aromatic heterocycles. The predicted molar refractivity (Wildman–Crippen MR) is 115 cm³/mol. The highest BCUT2D eigenvalue weighted by Crippen LogP contribution is 2.35. The number of nitrogens with zero attached hydrogens (tertiary/aromatic N) is 2. The Balaban J connectivity index is 1.59. The molecule has 1 fully saturated rings. The van der Waals surface area contributed by atoms with Gasteiger partial charge in [0, 0.05) is 29.8 Å². The summed E-state index contributed by atoms with van der Waals surface area (Å²) in [6, 6.07) is 12.4. The van der Waals surface area contributed by atoms with E-state index in [-0.39, 0.29) is 34.3 Å². The smallest absolute Gasteiger partial charge is 0.244 e. The fraction of sp³-hybridized carbons (Fsp3) is 0.381. The first-order chi connectivity index (χ1) is 13.8. The molecule has 0 spiro atoms. The number of carbonyl (C=O) groups excluding carboxylic acids is 1. The lowest BCUT2D eigenvalue weighted by atomic mass is 9.97. The molecule has 0 N–H and O–H groups in total. The zero-order chi connectivity index (χ0) is 20.8. The summed E-state index contributed by atoms with van der Waals surface area (Å²) in [5.74, 6) is -0.398. The van der Waals surface area contributed by atoms with Crippen molar-refractivity contribution in [2.75, 3.05) is 18.0 Å². The van der Waals surface area contributed by atoms with Gasteiger partial charge in [-0.25, -0.2) is 8.42 Å². The van der Waals surface area contributed by atoms with Crippen molar-refractivity contribution in [1.82, 2.24) is 4.31 Å². The Morgan fingerprint density at radius 3 is 2.69 bits per heavy atom.